The number of benzene rings is 2. The maximum atomic E-state index is 4.35. The van der Waals surface area contributed by atoms with Crippen molar-refractivity contribution in [3.8, 4) is 11.1 Å². The molecule has 2 aromatic carbocycles. The number of rotatable bonds is 8. The smallest absolute Gasteiger partial charge is 0.0996 e. The van der Waals surface area contributed by atoms with E-state index >= 15 is 0 Å². The lowest BCUT2D eigenvalue weighted by atomic mass is 10.0. The van der Waals surface area contributed by atoms with Gasteiger partial charge in [0.15, 0.2) is 0 Å². The number of nitrogens with zero attached hydrogens (tertiary/aromatic N) is 3. The predicted molar refractivity (Wildman–Crippen MR) is 130 cm³/mol. The Morgan fingerprint density at radius 3 is 2.35 bits per heavy atom. The van der Waals surface area contributed by atoms with E-state index in [0.717, 1.165) is 44.1 Å². The number of hydrogen-bond acceptors (Lipinski definition) is 5. The average Bonchev–Trinajstić information content (AvgIpc) is 2.84. The normalized spacial score (nSPS) is 14.3. The highest BCUT2D eigenvalue weighted by Gasteiger charge is 2.25. The van der Waals surface area contributed by atoms with E-state index in [1.54, 1.807) is 0 Å². The third-order valence-electron chi connectivity index (χ3n) is 5.87. The molecule has 2 N–H and O–H groups in total. The molecule has 4 rings (SSSR count). The van der Waals surface area contributed by atoms with Gasteiger partial charge in [-0.15, -0.1) is 0 Å². The highest BCUT2D eigenvalue weighted by Crippen LogP contribution is 2.25. The first kappa shape index (κ1) is 20.9. The quantitative estimate of drug-likeness (QED) is 0.520. The van der Waals surface area contributed by atoms with Gasteiger partial charge in [-0.3, -0.25) is 4.98 Å². The number of piperidine rings is 1. The largest absolute Gasteiger partial charge is 0.370 e. The summed E-state index contributed by atoms with van der Waals surface area (Å²) in [5.41, 5.74) is 4.70. The van der Waals surface area contributed by atoms with E-state index in [1.807, 2.05) is 31.6 Å². The highest BCUT2D eigenvalue weighted by molar-refractivity contribution is 5.66. The van der Waals surface area contributed by atoms with E-state index in [4.69, 9.17) is 0 Å². The van der Waals surface area contributed by atoms with Crippen LogP contribution < -0.4 is 15.5 Å². The monoisotopic (exact) mass is 413 g/mol. The van der Waals surface area contributed by atoms with Crippen molar-refractivity contribution < 1.29 is 0 Å². The first-order valence-corrected chi connectivity index (χ1v) is 10.9. The van der Waals surface area contributed by atoms with Crippen LogP contribution >= 0.6 is 0 Å². The van der Waals surface area contributed by atoms with Crippen molar-refractivity contribution in [2.24, 2.45) is 0 Å². The minimum atomic E-state index is 0.448. The summed E-state index contributed by atoms with van der Waals surface area (Å²) in [5.74, 6) is 0.932. The van der Waals surface area contributed by atoms with Crippen LogP contribution in [0, 0.1) is 0 Å². The Labute approximate surface area is 185 Å². The molecule has 5 heteroatoms. The Morgan fingerprint density at radius 1 is 1.00 bits per heavy atom. The standard InChI is InChI=1S/C26H31N5/c1-21(29-24-12-10-23(11-13-24)22-7-4-3-5-8-22)31(20-27-2)25-14-17-30(18-15-25)26-9-6-16-28-19-26/h3-13,16,19,25,27,29H,1,14-15,17-18,20H2,2H3. The fraction of sp³-hybridized carbons (Fsp3) is 0.269. The molecular weight excluding hydrogens is 382 g/mol. The zero-order valence-electron chi connectivity index (χ0n) is 18.2. The molecule has 2 heterocycles. The molecule has 0 saturated carbocycles. The van der Waals surface area contributed by atoms with Gasteiger partial charge in [-0.05, 0) is 55.3 Å². The maximum Gasteiger partial charge on any atom is 0.0996 e. The van der Waals surface area contributed by atoms with Crippen molar-refractivity contribution in [1.82, 2.24) is 15.2 Å². The van der Waals surface area contributed by atoms with Crippen LogP contribution in [0.2, 0.25) is 0 Å². The van der Waals surface area contributed by atoms with Crippen molar-refractivity contribution in [3.05, 3.63) is 91.5 Å². The maximum absolute atomic E-state index is 4.35. The van der Waals surface area contributed by atoms with E-state index in [0.29, 0.717) is 6.04 Å². The molecule has 5 nitrogen and oxygen atoms in total. The Hall–Kier alpha value is -3.31. The zero-order valence-corrected chi connectivity index (χ0v) is 18.2. The molecule has 1 fully saturated rings. The fourth-order valence-electron chi connectivity index (χ4n) is 4.21. The molecule has 31 heavy (non-hydrogen) atoms. The van der Waals surface area contributed by atoms with Gasteiger partial charge >= 0.3 is 0 Å². The fourth-order valence-corrected chi connectivity index (χ4v) is 4.21. The summed E-state index contributed by atoms with van der Waals surface area (Å²) < 4.78 is 0. The van der Waals surface area contributed by atoms with Crippen LogP contribution in [0.4, 0.5) is 11.4 Å². The summed E-state index contributed by atoms with van der Waals surface area (Å²) in [6.45, 7) is 7.17. The molecule has 1 aliphatic heterocycles. The number of pyridine rings is 1. The first-order valence-electron chi connectivity index (χ1n) is 10.9. The minimum absolute atomic E-state index is 0.448. The molecule has 1 aromatic heterocycles. The summed E-state index contributed by atoms with van der Waals surface area (Å²) in [5, 5.41) is 6.82. The molecule has 1 aliphatic rings. The number of anilines is 2. The van der Waals surface area contributed by atoms with Gasteiger partial charge < -0.3 is 20.4 Å². The predicted octanol–water partition coefficient (Wildman–Crippen LogP) is 4.78. The van der Waals surface area contributed by atoms with Crippen LogP contribution in [0.5, 0.6) is 0 Å². The van der Waals surface area contributed by atoms with Crippen LogP contribution in [0.3, 0.4) is 0 Å². The second-order valence-electron chi connectivity index (χ2n) is 7.93. The lowest BCUT2D eigenvalue weighted by Crippen LogP contribution is -2.48. The van der Waals surface area contributed by atoms with Crippen molar-refractivity contribution in [1.29, 1.82) is 0 Å². The molecule has 0 amide bonds. The third kappa shape index (κ3) is 5.25. The van der Waals surface area contributed by atoms with E-state index in [9.17, 15) is 0 Å². The van der Waals surface area contributed by atoms with Crippen LogP contribution in [-0.2, 0) is 0 Å². The molecule has 160 valence electrons. The second kappa shape index (κ2) is 10.1. The van der Waals surface area contributed by atoms with Gasteiger partial charge in [-0.2, -0.15) is 0 Å². The Bertz CT molecular complexity index is 948. The summed E-state index contributed by atoms with van der Waals surface area (Å²) in [7, 11) is 1.99. The van der Waals surface area contributed by atoms with Crippen molar-refractivity contribution in [3.63, 3.8) is 0 Å². The summed E-state index contributed by atoms with van der Waals surface area (Å²) in [6.07, 6.45) is 5.95. The van der Waals surface area contributed by atoms with E-state index in [1.165, 1.54) is 16.8 Å². The Balaban J connectivity index is 1.37. The SMILES string of the molecule is C=C(Nc1ccc(-c2ccccc2)cc1)N(CNC)C1CCN(c2cccnc2)CC1. The second-order valence-corrected chi connectivity index (χ2v) is 7.93. The van der Waals surface area contributed by atoms with Gasteiger partial charge in [0, 0.05) is 31.0 Å². The minimum Gasteiger partial charge on any atom is -0.370 e. The van der Waals surface area contributed by atoms with Gasteiger partial charge in [0.05, 0.1) is 24.4 Å². The van der Waals surface area contributed by atoms with Gasteiger partial charge in [-0.25, -0.2) is 0 Å². The highest BCUT2D eigenvalue weighted by atomic mass is 15.3. The van der Waals surface area contributed by atoms with Crippen LogP contribution in [0.15, 0.2) is 91.5 Å². The van der Waals surface area contributed by atoms with Crippen LogP contribution in [0.25, 0.3) is 11.1 Å². The van der Waals surface area contributed by atoms with Crippen molar-refractivity contribution in [2.45, 2.75) is 18.9 Å². The molecule has 0 spiro atoms. The van der Waals surface area contributed by atoms with Crippen LogP contribution in [0.1, 0.15) is 12.8 Å². The molecular formula is C26H31N5. The molecule has 0 unspecified atom stereocenters. The molecule has 0 radical (unpaired) electrons. The van der Waals surface area contributed by atoms with Gasteiger partial charge in [0.1, 0.15) is 0 Å². The number of nitrogens with one attached hydrogen (secondary N) is 2. The lowest BCUT2D eigenvalue weighted by molar-refractivity contribution is 0.210. The van der Waals surface area contributed by atoms with Gasteiger partial charge in [-0.1, -0.05) is 49.0 Å². The topological polar surface area (TPSA) is 43.4 Å². The molecule has 1 saturated heterocycles. The van der Waals surface area contributed by atoms with Gasteiger partial charge in [0.25, 0.3) is 0 Å². The first-order chi connectivity index (χ1) is 15.2. The third-order valence-corrected chi connectivity index (χ3v) is 5.87. The molecule has 0 aliphatic carbocycles. The molecule has 3 aromatic rings. The summed E-state index contributed by atoms with van der Waals surface area (Å²) in [4.78, 5) is 9.03. The van der Waals surface area contributed by atoms with Gasteiger partial charge in [0.2, 0.25) is 0 Å². The summed E-state index contributed by atoms with van der Waals surface area (Å²) in [6, 6.07) is 23.6. The molecule has 0 bridgehead atoms. The zero-order chi connectivity index (χ0) is 21.5. The van der Waals surface area contributed by atoms with E-state index < -0.39 is 0 Å². The van der Waals surface area contributed by atoms with Crippen molar-refractivity contribution >= 4 is 11.4 Å². The van der Waals surface area contributed by atoms with Crippen LogP contribution in [-0.4, -0.2) is 42.7 Å². The molecule has 0 atom stereocenters. The van der Waals surface area contributed by atoms with E-state index in [2.05, 4.69) is 86.6 Å². The Kier molecular flexibility index (Phi) is 6.85. The van der Waals surface area contributed by atoms with Crippen molar-refractivity contribution in [2.75, 3.05) is 37.0 Å². The average molecular weight is 414 g/mol. The summed E-state index contributed by atoms with van der Waals surface area (Å²) >= 11 is 0. The Morgan fingerprint density at radius 2 is 1.71 bits per heavy atom. The number of aromatic nitrogens is 1. The number of hydrogen-bond donors (Lipinski definition) is 2. The lowest BCUT2D eigenvalue weighted by Gasteiger charge is -2.41. The van der Waals surface area contributed by atoms with E-state index in [-0.39, 0.29) is 0 Å².